The Morgan fingerprint density at radius 1 is 0.930 bits per heavy atom. The van der Waals surface area contributed by atoms with Gasteiger partial charge in [-0.2, -0.15) is 0 Å². The number of carbonyl (C=O) groups is 4. The highest BCUT2D eigenvalue weighted by Crippen LogP contribution is 2.33. The molecule has 71 heavy (non-hydrogen) atoms. The third kappa shape index (κ3) is 13.4. The van der Waals surface area contributed by atoms with Gasteiger partial charge in [-0.15, -0.1) is 11.3 Å². The van der Waals surface area contributed by atoms with Gasteiger partial charge in [0, 0.05) is 57.6 Å². The van der Waals surface area contributed by atoms with Crippen LogP contribution >= 0.6 is 22.9 Å². The Hall–Kier alpha value is -6.29. The molecule has 4 atom stereocenters. The summed E-state index contributed by atoms with van der Waals surface area (Å²) in [5.41, 5.74) is 5.21. The van der Waals surface area contributed by atoms with Crippen LogP contribution in [0.5, 0.6) is 5.75 Å². The van der Waals surface area contributed by atoms with Crippen molar-refractivity contribution in [3.05, 3.63) is 127 Å². The van der Waals surface area contributed by atoms with Crippen LogP contribution in [0.15, 0.2) is 82.8 Å². The van der Waals surface area contributed by atoms with Crippen molar-refractivity contribution < 1.29 is 47.9 Å². The summed E-state index contributed by atoms with van der Waals surface area (Å²) in [6, 6.07) is 21.0. The number of hydrogen-bond acceptors (Lipinski definition) is 15. The van der Waals surface area contributed by atoms with E-state index < -0.39 is 51.9 Å². The standard InChI is InChI=1S/C50H59ClN8O11S/c1-31-45(71-30-53-31)36-8-6-33(7-9-36)27-52-47(62)40-26-38(60)28-58(40)49(64)46(50(3,4)5)54-41(61)29-68-23-22-67-24-25-69-39-16-12-35(13-17-39)44(34-10-14-37(51)15-11-34)56-18-20-57(21-19-56)48(63)42-43(59(65)66)32(2)70-55-42/h6-17,30,38,40,44,46,60H,18-29H2,1-5H3,(H,52,62)(H,54,61)/t38-,40+,44?,46-/m1/s1. The molecule has 2 aliphatic rings. The van der Waals surface area contributed by atoms with Gasteiger partial charge in [-0.1, -0.05) is 86.1 Å². The minimum absolute atomic E-state index is 0.0229. The first kappa shape index (κ1) is 52.5. The quantitative estimate of drug-likeness (QED) is 0.0479. The second-order valence-corrected chi connectivity index (χ2v) is 19.8. The number of nitrogens with one attached hydrogen (secondary N) is 2. The van der Waals surface area contributed by atoms with Crippen LogP contribution in [0.3, 0.4) is 0 Å². The van der Waals surface area contributed by atoms with Gasteiger partial charge in [-0.05, 0) is 58.9 Å². The number of aliphatic hydroxyl groups excluding tert-OH is 1. The molecular weight excluding hydrogens is 956 g/mol. The van der Waals surface area contributed by atoms with Gasteiger partial charge in [0.25, 0.3) is 5.91 Å². The molecule has 4 heterocycles. The molecule has 2 aliphatic heterocycles. The molecule has 2 fully saturated rings. The van der Waals surface area contributed by atoms with Crippen molar-refractivity contribution in [1.82, 2.24) is 35.5 Å². The molecule has 0 bridgehead atoms. The monoisotopic (exact) mass is 1010 g/mol. The van der Waals surface area contributed by atoms with Gasteiger partial charge in [-0.25, -0.2) is 4.98 Å². The Morgan fingerprint density at radius 3 is 2.21 bits per heavy atom. The Bertz CT molecular complexity index is 2630. The van der Waals surface area contributed by atoms with Crippen LogP contribution in [-0.4, -0.2) is 142 Å². The molecule has 1 unspecified atom stereocenters. The molecule has 2 saturated heterocycles. The number of hydrogen-bond donors (Lipinski definition) is 3. The van der Waals surface area contributed by atoms with Crippen LogP contribution in [0.2, 0.25) is 5.02 Å². The number of nitro groups is 1. The first-order valence-electron chi connectivity index (χ1n) is 23.3. The molecule has 19 nitrogen and oxygen atoms in total. The number of nitrogens with zero attached hydrogens (tertiary/aromatic N) is 6. The SMILES string of the molecule is Cc1ncsc1-c1ccc(CNC(=O)[C@@H]2C[C@@H](O)CN2C(=O)[C@@H](NC(=O)COCCOCCOc2ccc(C(c3ccc(Cl)cc3)N3CCN(C(=O)c4noc(C)c4[N+](=O)[O-])CC3)cc2)C(C)(C)C)cc1. The highest BCUT2D eigenvalue weighted by atomic mass is 35.5. The minimum atomic E-state index is -0.994. The minimum Gasteiger partial charge on any atom is -0.491 e. The van der Waals surface area contributed by atoms with Gasteiger partial charge in [0.1, 0.15) is 31.0 Å². The zero-order chi connectivity index (χ0) is 50.8. The van der Waals surface area contributed by atoms with E-state index in [0.29, 0.717) is 37.0 Å². The summed E-state index contributed by atoms with van der Waals surface area (Å²) in [6.07, 6.45) is -0.813. The number of aromatic nitrogens is 2. The van der Waals surface area contributed by atoms with Crippen LogP contribution in [-0.2, 0) is 30.4 Å². The maximum atomic E-state index is 14.0. The average molecular weight is 1020 g/mol. The molecule has 4 amide bonds. The van der Waals surface area contributed by atoms with Crippen molar-refractivity contribution in [2.24, 2.45) is 5.41 Å². The third-order valence-corrected chi connectivity index (χ3v) is 13.6. The van der Waals surface area contributed by atoms with Crippen molar-refractivity contribution in [3.63, 3.8) is 0 Å². The summed E-state index contributed by atoms with van der Waals surface area (Å²) < 4.78 is 22.2. The molecule has 2 aromatic heterocycles. The molecule has 7 rings (SSSR count). The van der Waals surface area contributed by atoms with Crippen LogP contribution in [0, 0.1) is 29.4 Å². The fourth-order valence-electron chi connectivity index (χ4n) is 8.65. The molecule has 3 N–H and O–H groups in total. The molecule has 0 spiro atoms. The Labute approximate surface area is 420 Å². The van der Waals surface area contributed by atoms with E-state index in [9.17, 15) is 34.4 Å². The molecule has 0 aliphatic carbocycles. The molecule has 21 heteroatoms. The van der Waals surface area contributed by atoms with Crippen molar-refractivity contribution in [3.8, 4) is 16.2 Å². The fraction of sp³-hybridized carbons (Fsp3) is 0.440. The zero-order valence-electron chi connectivity index (χ0n) is 40.3. The molecule has 3 aromatic carbocycles. The van der Waals surface area contributed by atoms with Crippen LogP contribution in [0.25, 0.3) is 10.4 Å². The highest BCUT2D eigenvalue weighted by molar-refractivity contribution is 7.13. The number of amides is 4. The zero-order valence-corrected chi connectivity index (χ0v) is 41.9. The van der Waals surface area contributed by atoms with Crippen LogP contribution in [0.4, 0.5) is 5.69 Å². The lowest BCUT2D eigenvalue weighted by atomic mass is 9.85. The highest BCUT2D eigenvalue weighted by Gasteiger charge is 2.44. The topological polar surface area (TPSA) is 232 Å². The first-order chi connectivity index (χ1) is 34.0. The van der Waals surface area contributed by atoms with E-state index in [1.54, 1.807) is 21.7 Å². The number of piperazine rings is 1. The normalized spacial score (nSPS) is 17.2. The summed E-state index contributed by atoms with van der Waals surface area (Å²) in [5.74, 6) is -1.31. The summed E-state index contributed by atoms with van der Waals surface area (Å²) in [5, 5.41) is 32.1. The van der Waals surface area contributed by atoms with Crippen molar-refractivity contribution in [2.75, 3.05) is 65.8 Å². The number of likely N-dealkylation sites (tertiary alicyclic amines) is 1. The van der Waals surface area contributed by atoms with E-state index in [2.05, 4.69) is 25.7 Å². The van der Waals surface area contributed by atoms with Gasteiger partial charge in [-0.3, -0.25) is 34.2 Å². The number of aryl methyl sites for hydroxylation is 2. The molecule has 378 valence electrons. The Morgan fingerprint density at radius 2 is 1.58 bits per heavy atom. The predicted octanol–water partition coefficient (Wildman–Crippen LogP) is 5.75. The van der Waals surface area contributed by atoms with E-state index in [1.165, 1.54) is 11.8 Å². The number of aliphatic hydroxyl groups is 1. The summed E-state index contributed by atoms with van der Waals surface area (Å²) in [6.45, 7) is 11.1. The number of rotatable bonds is 20. The maximum Gasteiger partial charge on any atom is 0.344 e. The maximum absolute atomic E-state index is 14.0. The second kappa shape index (κ2) is 23.7. The molecule has 0 saturated carbocycles. The van der Waals surface area contributed by atoms with Crippen molar-refractivity contribution in [1.29, 1.82) is 0 Å². The van der Waals surface area contributed by atoms with Gasteiger partial charge >= 0.3 is 5.69 Å². The Kier molecular flexibility index (Phi) is 17.6. The van der Waals surface area contributed by atoms with Gasteiger partial charge in [0.05, 0.1) is 53.0 Å². The van der Waals surface area contributed by atoms with E-state index in [1.807, 2.05) is 100 Å². The van der Waals surface area contributed by atoms with E-state index in [4.69, 9.17) is 30.3 Å². The number of thiazole rings is 1. The van der Waals surface area contributed by atoms with Crippen molar-refractivity contribution in [2.45, 2.75) is 71.8 Å². The number of ether oxygens (including phenoxy) is 3. The Balaban J connectivity index is 0.828. The fourth-order valence-corrected chi connectivity index (χ4v) is 9.58. The van der Waals surface area contributed by atoms with Gasteiger partial charge < -0.3 is 44.3 Å². The summed E-state index contributed by atoms with van der Waals surface area (Å²) >= 11 is 7.80. The van der Waals surface area contributed by atoms with E-state index in [0.717, 1.165) is 32.8 Å². The predicted molar refractivity (Wildman–Crippen MR) is 264 cm³/mol. The van der Waals surface area contributed by atoms with E-state index in [-0.39, 0.29) is 75.9 Å². The van der Waals surface area contributed by atoms with Crippen LogP contribution < -0.4 is 15.4 Å². The second-order valence-electron chi connectivity index (χ2n) is 18.5. The molecule has 5 aromatic rings. The van der Waals surface area contributed by atoms with Gasteiger partial charge in [0.2, 0.25) is 29.2 Å². The lowest BCUT2D eigenvalue weighted by Crippen LogP contribution is -2.58. The summed E-state index contributed by atoms with van der Waals surface area (Å²) in [7, 11) is 0. The molecular formula is C50H59ClN8O11S. The van der Waals surface area contributed by atoms with Crippen molar-refractivity contribution >= 4 is 52.3 Å². The smallest absolute Gasteiger partial charge is 0.344 e. The summed E-state index contributed by atoms with van der Waals surface area (Å²) in [4.78, 5) is 75.2. The first-order valence-corrected chi connectivity index (χ1v) is 24.6. The third-order valence-electron chi connectivity index (χ3n) is 12.4. The number of β-amino-alcohol motifs (C(OH)–C–C–N with tert-alkyl or cyclic N) is 1. The average Bonchev–Trinajstić information content (AvgIpc) is 4.09. The largest absolute Gasteiger partial charge is 0.491 e. The number of benzene rings is 3. The number of carbonyl (C=O) groups excluding carboxylic acids is 4. The van der Waals surface area contributed by atoms with Gasteiger partial charge in [0.15, 0.2) is 0 Å². The van der Waals surface area contributed by atoms with E-state index >= 15 is 0 Å². The van der Waals surface area contributed by atoms with Crippen LogP contribution in [0.1, 0.15) is 71.9 Å². The lowest BCUT2D eigenvalue weighted by Gasteiger charge is -2.39. The molecule has 0 radical (unpaired) electrons. The number of halogens is 1. The lowest BCUT2D eigenvalue weighted by molar-refractivity contribution is -0.386.